The molecule has 0 fully saturated rings. The van der Waals surface area contributed by atoms with Gasteiger partial charge in [-0.05, 0) is 12.1 Å². The molecule has 0 atom stereocenters. The lowest BCUT2D eigenvalue weighted by Gasteiger charge is -1.91. The van der Waals surface area contributed by atoms with Crippen molar-refractivity contribution in [2.75, 3.05) is 5.33 Å². The molecule has 0 N–H and O–H groups in total. The Balaban J connectivity index is 2.86. The molecule has 3 heteroatoms. The maximum atomic E-state index is 12.7. The molecule has 1 aromatic rings. The van der Waals surface area contributed by atoms with E-state index in [2.05, 4.69) is 20.9 Å². The van der Waals surface area contributed by atoms with Crippen molar-refractivity contribution < 1.29 is 4.39 Å². The highest BCUT2D eigenvalue weighted by Crippen LogP contribution is 2.05. The first-order valence-electron chi connectivity index (χ1n) is 3.17. The maximum Gasteiger partial charge on any atom is 0.220 e. The summed E-state index contributed by atoms with van der Waals surface area (Å²) >= 11 is 3.20. The largest absolute Gasteiger partial charge is 0.228 e. The Bertz CT molecular complexity index is 260. The SMILES string of the molecule is Fc1ncccc1C=CCBr. The number of rotatable bonds is 2. The lowest BCUT2D eigenvalue weighted by atomic mass is 10.2. The lowest BCUT2D eigenvalue weighted by molar-refractivity contribution is 0.581. The van der Waals surface area contributed by atoms with Gasteiger partial charge in [-0.25, -0.2) is 4.98 Å². The smallest absolute Gasteiger partial charge is 0.220 e. The van der Waals surface area contributed by atoms with Crippen molar-refractivity contribution in [1.29, 1.82) is 0 Å². The summed E-state index contributed by atoms with van der Waals surface area (Å²) in [5.74, 6) is -0.426. The van der Waals surface area contributed by atoms with Gasteiger partial charge in [0.05, 0.1) is 0 Å². The van der Waals surface area contributed by atoms with Crippen molar-refractivity contribution in [3.8, 4) is 0 Å². The van der Waals surface area contributed by atoms with Crippen molar-refractivity contribution in [1.82, 2.24) is 4.98 Å². The van der Waals surface area contributed by atoms with Crippen LogP contribution in [0.5, 0.6) is 0 Å². The van der Waals surface area contributed by atoms with Gasteiger partial charge >= 0.3 is 0 Å². The second-order valence-corrected chi connectivity index (χ2v) is 2.59. The molecule has 11 heavy (non-hydrogen) atoms. The molecule has 0 spiro atoms. The first-order chi connectivity index (χ1) is 5.34. The Morgan fingerprint density at radius 3 is 3.09 bits per heavy atom. The van der Waals surface area contributed by atoms with E-state index in [4.69, 9.17) is 0 Å². The topological polar surface area (TPSA) is 12.9 Å². The summed E-state index contributed by atoms with van der Waals surface area (Å²) in [6.07, 6.45) is 4.94. The second-order valence-electron chi connectivity index (χ2n) is 1.94. The van der Waals surface area contributed by atoms with Gasteiger partial charge in [0.1, 0.15) is 0 Å². The van der Waals surface area contributed by atoms with Crippen LogP contribution in [0.15, 0.2) is 24.4 Å². The third-order valence-corrected chi connectivity index (χ3v) is 1.55. The summed E-state index contributed by atoms with van der Waals surface area (Å²) < 4.78 is 12.7. The Morgan fingerprint density at radius 1 is 1.64 bits per heavy atom. The number of nitrogens with zero attached hydrogens (tertiary/aromatic N) is 1. The number of hydrogen-bond donors (Lipinski definition) is 0. The first kappa shape index (κ1) is 8.40. The maximum absolute atomic E-state index is 12.7. The predicted molar refractivity (Wildman–Crippen MR) is 47.0 cm³/mol. The molecule has 0 unspecified atom stereocenters. The van der Waals surface area contributed by atoms with Crippen LogP contribution < -0.4 is 0 Å². The molecule has 58 valence electrons. The molecule has 0 aromatic carbocycles. The van der Waals surface area contributed by atoms with E-state index in [0.717, 1.165) is 5.33 Å². The molecule has 0 saturated heterocycles. The molecular formula is C8H7BrFN. The Morgan fingerprint density at radius 2 is 2.45 bits per heavy atom. The minimum Gasteiger partial charge on any atom is -0.228 e. The zero-order chi connectivity index (χ0) is 8.10. The zero-order valence-corrected chi connectivity index (χ0v) is 7.38. The van der Waals surface area contributed by atoms with E-state index in [9.17, 15) is 4.39 Å². The summed E-state index contributed by atoms with van der Waals surface area (Å²) in [5, 5.41) is 0.724. The standard InChI is InChI=1S/C8H7BrFN/c9-5-1-3-7-4-2-6-11-8(7)10/h1-4,6H,5H2. The number of allylic oxidation sites excluding steroid dienone is 1. The van der Waals surface area contributed by atoms with Crippen LogP contribution in [0.2, 0.25) is 0 Å². The van der Waals surface area contributed by atoms with Crippen molar-refractivity contribution in [2.24, 2.45) is 0 Å². The van der Waals surface area contributed by atoms with Crippen molar-refractivity contribution >= 4 is 22.0 Å². The predicted octanol–water partition coefficient (Wildman–Crippen LogP) is 2.63. The molecule has 1 heterocycles. The van der Waals surface area contributed by atoms with Crippen LogP contribution in [0.1, 0.15) is 5.56 Å². The highest BCUT2D eigenvalue weighted by atomic mass is 79.9. The third kappa shape index (κ3) is 2.42. The monoisotopic (exact) mass is 215 g/mol. The molecule has 0 aliphatic rings. The van der Waals surface area contributed by atoms with Crippen molar-refractivity contribution in [2.45, 2.75) is 0 Å². The number of hydrogen-bond acceptors (Lipinski definition) is 1. The molecule has 1 rings (SSSR count). The normalized spacial score (nSPS) is 10.7. The molecule has 1 aromatic heterocycles. The zero-order valence-electron chi connectivity index (χ0n) is 5.80. The molecule has 0 saturated carbocycles. The Kier molecular flexibility index (Phi) is 3.23. The van der Waals surface area contributed by atoms with Gasteiger partial charge in [-0.15, -0.1) is 0 Å². The average molecular weight is 216 g/mol. The van der Waals surface area contributed by atoms with Crippen molar-refractivity contribution in [3.63, 3.8) is 0 Å². The fourth-order valence-electron chi connectivity index (χ4n) is 0.694. The minimum absolute atomic E-state index is 0.426. The van der Waals surface area contributed by atoms with Gasteiger partial charge in [-0.2, -0.15) is 4.39 Å². The number of aromatic nitrogens is 1. The van der Waals surface area contributed by atoms with Crippen molar-refractivity contribution in [3.05, 3.63) is 35.9 Å². The van der Waals surface area contributed by atoms with Gasteiger partial charge in [0.2, 0.25) is 5.95 Å². The van der Waals surface area contributed by atoms with E-state index in [1.165, 1.54) is 6.20 Å². The van der Waals surface area contributed by atoms with E-state index in [0.29, 0.717) is 5.56 Å². The fraction of sp³-hybridized carbons (Fsp3) is 0.125. The quantitative estimate of drug-likeness (QED) is 0.547. The minimum atomic E-state index is -0.426. The highest BCUT2D eigenvalue weighted by Gasteiger charge is 1.94. The van der Waals surface area contributed by atoms with Crippen LogP contribution in [0.4, 0.5) is 4.39 Å². The summed E-state index contributed by atoms with van der Waals surface area (Å²) in [6.45, 7) is 0. The van der Waals surface area contributed by atoms with Gasteiger partial charge in [0, 0.05) is 17.1 Å². The highest BCUT2D eigenvalue weighted by molar-refractivity contribution is 9.09. The van der Waals surface area contributed by atoms with E-state index >= 15 is 0 Å². The molecular weight excluding hydrogens is 209 g/mol. The van der Waals surface area contributed by atoms with Crippen LogP contribution in [0.25, 0.3) is 6.08 Å². The van der Waals surface area contributed by atoms with Crippen LogP contribution in [0, 0.1) is 5.95 Å². The van der Waals surface area contributed by atoms with Crippen LogP contribution in [-0.2, 0) is 0 Å². The lowest BCUT2D eigenvalue weighted by Crippen LogP contribution is -1.84. The van der Waals surface area contributed by atoms with Gasteiger partial charge in [-0.3, -0.25) is 0 Å². The molecule has 0 bridgehead atoms. The van der Waals surface area contributed by atoms with E-state index in [1.54, 1.807) is 18.2 Å². The first-order valence-corrected chi connectivity index (χ1v) is 4.30. The second kappa shape index (κ2) is 4.23. The number of halogens is 2. The molecule has 1 nitrogen and oxygen atoms in total. The summed E-state index contributed by atoms with van der Waals surface area (Å²) in [7, 11) is 0. The molecule has 0 aliphatic carbocycles. The molecule has 0 radical (unpaired) electrons. The van der Waals surface area contributed by atoms with Crippen LogP contribution >= 0.6 is 15.9 Å². The number of alkyl halides is 1. The summed E-state index contributed by atoms with van der Waals surface area (Å²) in [4.78, 5) is 3.50. The summed E-state index contributed by atoms with van der Waals surface area (Å²) in [5.41, 5.74) is 0.520. The van der Waals surface area contributed by atoms with Gasteiger partial charge < -0.3 is 0 Å². The van der Waals surface area contributed by atoms with Gasteiger partial charge in [0.15, 0.2) is 0 Å². The van der Waals surface area contributed by atoms with Gasteiger partial charge in [-0.1, -0.05) is 28.1 Å². The molecule has 0 aliphatic heterocycles. The number of pyridine rings is 1. The van der Waals surface area contributed by atoms with Crippen LogP contribution in [0.3, 0.4) is 0 Å². The van der Waals surface area contributed by atoms with Gasteiger partial charge in [0.25, 0.3) is 0 Å². The van der Waals surface area contributed by atoms with E-state index < -0.39 is 5.95 Å². The molecule has 0 amide bonds. The summed E-state index contributed by atoms with van der Waals surface area (Å²) in [6, 6.07) is 3.39. The van der Waals surface area contributed by atoms with Crippen LogP contribution in [-0.4, -0.2) is 10.3 Å². The Labute approximate surface area is 73.1 Å². The Hall–Kier alpha value is -0.700. The third-order valence-electron chi connectivity index (χ3n) is 1.17. The average Bonchev–Trinajstić information content (AvgIpc) is 2.03. The van der Waals surface area contributed by atoms with E-state index in [1.807, 2.05) is 6.08 Å². The fourth-order valence-corrected chi connectivity index (χ4v) is 0.881. The van der Waals surface area contributed by atoms with E-state index in [-0.39, 0.29) is 0 Å².